The van der Waals surface area contributed by atoms with Gasteiger partial charge in [0.1, 0.15) is 0 Å². The van der Waals surface area contributed by atoms with Crippen molar-refractivity contribution in [3.63, 3.8) is 0 Å². The Balaban J connectivity index is 3.31. The van der Waals surface area contributed by atoms with E-state index in [1.165, 1.54) is 18.2 Å². The molecule has 0 radical (unpaired) electrons. The first kappa shape index (κ1) is 18.3. The SMILES string of the molecule is CCCCN(CCBr)c1ccccc1S(=O)(=O)C(F)(F)F. The van der Waals surface area contributed by atoms with Gasteiger partial charge in [-0.25, -0.2) is 8.42 Å². The zero-order valence-corrected chi connectivity index (χ0v) is 13.9. The number of unbranched alkanes of at least 4 members (excludes halogenated alkanes) is 1. The number of benzene rings is 1. The molecule has 0 saturated carbocycles. The highest BCUT2D eigenvalue weighted by Gasteiger charge is 2.48. The van der Waals surface area contributed by atoms with Gasteiger partial charge in [0.25, 0.3) is 9.84 Å². The molecule has 0 heterocycles. The maximum atomic E-state index is 12.8. The Morgan fingerprint density at radius 1 is 1.19 bits per heavy atom. The van der Waals surface area contributed by atoms with E-state index in [1.54, 1.807) is 4.90 Å². The van der Waals surface area contributed by atoms with Gasteiger partial charge in [-0.1, -0.05) is 41.4 Å². The molecule has 1 rings (SSSR count). The van der Waals surface area contributed by atoms with Gasteiger partial charge in [0.05, 0.1) is 10.6 Å². The van der Waals surface area contributed by atoms with Crippen molar-refractivity contribution >= 4 is 31.5 Å². The lowest BCUT2D eigenvalue weighted by Gasteiger charge is -2.26. The van der Waals surface area contributed by atoms with E-state index in [4.69, 9.17) is 0 Å². The Morgan fingerprint density at radius 3 is 2.33 bits per heavy atom. The summed E-state index contributed by atoms with van der Waals surface area (Å²) in [6.07, 6.45) is 1.64. The van der Waals surface area contributed by atoms with Crippen LogP contribution in [0.15, 0.2) is 29.2 Å². The minimum atomic E-state index is -5.35. The zero-order chi connectivity index (χ0) is 16.1. The maximum absolute atomic E-state index is 12.8. The van der Waals surface area contributed by atoms with E-state index < -0.39 is 20.2 Å². The number of nitrogens with zero attached hydrogens (tertiary/aromatic N) is 1. The smallest absolute Gasteiger partial charge is 0.370 e. The predicted octanol–water partition coefficient (Wildman–Crippen LogP) is 3.98. The van der Waals surface area contributed by atoms with Gasteiger partial charge in [-0.15, -0.1) is 0 Å². The largest absolute Gasteiger partial charge is 0.501 e. The van der Waals surface area contributed by atoms with E-state index >= 15 is 0 Å². The lowest BCUT2D eigenvalue weighted by molar-refractivity contribution is -0.0435. The lowest BCUT2D eigenvalue weighted by Crippen LogP contribution is -2.30. The van der Waals surface area contributed by atoms with Crippen molar-refractivity contribution in [2.75, 3.05) is 23.3 Å². The number of hydrogen-bond donors (Lipinski definition) is 0. The lowest BCUT2D eigenvalue weighted by atomic mass is 10.2. The number of rotatable bonds is 7. The van der Waals surface area contributed by atoms with Crippen LogP contribution in [-0.2, 0) is 9.84 Å². The molecular formula is C13H17BrF3NO2S. The summed E-state index contributed by atoms with van der Waals surface area (Å²) in [5.41, 5.74) is -5.20. The van der Waals surface area contributed by atoms with Gasteiger partial charge < -0.3 is 4.90 Å². The molecule has 8 heteroatoms. The number of halogens is 4. The third-order valence-electron chi connectivity index (χ3n) is 2.94. The summed E-state index contributed by atoms with van der Waals surface area (Å²) >= 11 is 3.24. The van der Waals surface area contributed by atoms with E-state index in [0.717, 1.165) is 18.9 Å². The molecule has 0 aliphatic heterocycles. The summed E-state index contributed by atoms with van der Waals surface area (Å²) in [6, 6.07) is 5.26. The van der Waals surface area contributed by atoms with Gasteiger partial charge in [0.2, 0.25) is 0 Å². The second-order valence-electron chi connectivity index (χ2n) is 4.45. The van der Waals surface area contributed by atoms with Crippen LogP contribution < -0.4 is 4.90 Å². The van der Waals surface area contributed by atoms with E-state index in [2.05, 4.69) is 15.9 Å². The Morgan fingerprint density at radius 2 is 1.81 bits per heavy atom. The quantitative estimate of drug-likeness (QED) is 0.664. The average molecular weight is 388 g/mol. The monoisotopic (exact) mass is 387 g/mol. The Bertz CT molecular complexity index is 561. The summed E-state index contributed by atoms with van der Waals surface area (Å²) in [5, 5.41) is 0.539. The summed E-state index contributed by atoms with van der Waals surface area (Å²) in [5.74, 6) is 0. The molecule has 3 nitrogen and oxygen atoms in total. The Labute approximate surface area is 131 Å². The topological polar surface area (TPSA) is 37.4 Å². The van der Waals surface area contributed by atoms with Crippen LogP contribution in [0, 0.1) is 0 Å². The zero-order valence-electron chi connectivity index (χ0n) is 11.5. The second kappa shape index (κ2) is 7.49. The number of hydrogen-bond acceptors (Lipinski definition) is 3. The van der Waals surface area contributed by atoms with E-state index in [0.29, 0.717) is 18.4 Å². The number of sulfone groups is 1. The molecule has 21 heavy (non-hydrogen) atoms. The molecule has 0 aromatic heterocycles. The van der Waals surface area contributed by atoms with Gasteiger partial charge >= 0.3 is 5.51 Å². The van der Waals surface area contributed by atoms with Crippen molar-refractivity contribution in [1.82, 2.24) is 0 Å². The highest BCUT2D eigenvalue weighted by atomic mass is 79.9. The standard InChI is InChI=1S/C13H17BrF3NO2S/c1-2-3-9-18(10-8-14)11-6-4-5-7-12(11)21(19,20)13(15,16)17/h4-7H,2-3,8-10H2,1H3. The first-order valence-electron chi connectivity index (χ1n) is 6.47. The molecule has 120 valence electrons. The third-order valence-corrected chi connectivity index (χ3v) is 4.82. The summed E-state index contributed by atoms with van der Waals surface area (Å²) in [7, 11) is -5.35. The molecule has 1 aromatic carbocycles. The van der Waals surface area contributed by atoms with E-state index in [9.17, 15) is 21.6 Å². The molecule has 0 fully saturated rings. The van der Waals surface area contributed by atoms with Crippen LogP contribution in [0.3, 0.4) is 0 Å². The fourth-order valence-electron chi connectivity index (χ4n) is 1.87. The fourth-order valence-corrected chi connectivity index (χ4v) is 3.28. The molecule has 0 spiro atoms. The van der Waals surface area contributed by atoms with Crippen molar-refractivity contribution in [2.24, 2.45) is 0 Å². The van der Waals surface area contributed by atoms with E-state index in [-0.39, 0.29) is 5.69 Å². The minimum absolute atomic E-state index is 0.0997. The molecule has 0 saturated heterocycles. The van der Waals surface area contributed by atoms with Crippen molar-refractivity contribution in [3.05, 3.63) is 24.3 Å². The third kappa shape index (κ3) is 4.35. The highest BCUT2D eigenvalue weighted by molar-refractivity contribution is 9.09. The number of anilines is 1. The summed E-state index contributed by atoms with van der Waals surface area (Å²) in [6.45, 7) is 2.90. The predicted molar refractivity (Wildman–Crippen MR) is 80.6 cm³/mol. The van der Waals surface area contributed by atoms with Crippen LogP contribution >= 0.6 is 15.9 Å². The number of alkyl halides is 4. The Hall–Kier alpha value is -0.760. The average Bonchev–Trinajstić information content (AvgIpc) is 2.42. The van der Waals surface area contributed by atoms with E-state index in [1.807, 2.05) is 6.92 Å². The van der Waals surface area contributed by atoms with Crippen LogP contribution in [0.4, 0.5) is 18.9 Å². The second-order valence-corrected chi connectivity index (χ2v) is 7.15. The molecular weight excluding hydrogens is 371 g/mol. The molecule has 0 aliphatic rings. The highest BCUT2D eigenvalue weighted by Crippen LogP contribution is 2.35. The van der Waals surface area contributed by atoms with Crippen LogP contribution in [0.1, 0.15) is 19.8 Å². The summed E-state index contributed by atoms with van der Waals surface area (Å²) in [4.78, 5) is 0.978. The van der Waals surface area contributed by atoms with Crippen molar-refractivity contribution in [2.45, 2.75) is 30.2 Å². The first-order chi connectivity index (χ1) is 9.75. The molecule has 0 N–H and O–H groups in total. The van der Waals surface area contributed by atoms with Crippen molar-refractivity contribution in [3.8, 4) is 0 Å². The summed E-state index contributed by atoms with van der Waals surface area (Å²) < 4.78 is 61.7. The number of para-hydroxylation sites is 1. The van der Waals surface area contributed by atoms with Gasteiger partial charge in [-0.3, -0.25) is 0 Å². The van der Waals surface area contributed by atoms with Crippen LogP contribution in [0.2, 0.25) is 0 Å². The van der Waals surface area contributed by atoms with Gasteiger partial charge in [0.15, 0.2) is 0 Å². The van der Waals surface area contributed by atoms with Crippen molar-refractivity contribution < 1.29 is 21.6 Å². The van der Waals surface area contributed by atoms with Crippen molar-refractivity contribution in [1.29, 1.82) is 0 Å². The molecule has 0 amide bonds. The maximum Gasteiger partial charge on any atom is 0.501 e. The minimum Gasteiger partial charge on any atom is -0.370 e. The van der Waals surface area contributed by atoms with Crippen LogP contribution in [0.25, 0.3) is 0 Å². The van der Waals surface area contributed by atoms with Crippen LogP contribution in [0.5, 0.6) is 0 Å². The van der Waals surface area contributed by atoms with Crippen LogP contribution in [-0.4, -0.2) is 32.3 Å². The normalized spacial score (nSPS) is 12.4. The van der Waals surface area contributed by atoms with Gasteiger partial charge in [0, 0.05) is 18.4 Å². The molecule has 0 aliphatic carbocycles. The Kier molecular flexibility index (Phi) is 6.52. The van der Waals surface area contributed by atoms with Gasteiger partial charge in [-0.2, -0.15) is 13.2 Å². The first-order valence-corrected chi connectivity index (χ1v) is 9.07. The molecule has 0 atom stereocenters. The fraction of sp³-hybridized carbons (Fsp3) is 0.538. The molecule has 0 bridgehead atoms. The molecule has 1 aromatic rings. The molecule has 0 unspecified atom stereocenters. The van der Waals surface area contributed by atoms with Gasteiger partial charge in [-0.05, 0) is 18.6 Å².